The van der Waals surface area contributed by atoms with Crippen LogP contribution in [0.2, 0.25) is 0 Å². The van der Waals surface area contributed by atoms with Crippen molar-refractivity contribution in [3.63, 3.8) is 0 Å². The van der Waals surface area contributed by atoms with E-state index >= 15 is 0 Å². The van der Waals surface area contributed by atoms with Crippen molar-refractivity contribution in [2.75, 3.05) is 6.61 Å². The van der Waals surface area contributed by atoms with E-state index in [1.807, 2.05) is 6.92 Å². The zero-order valence-corrected chi connectivity index (χ0v) is 10.6. The van der Waals surface area contributed by atoms with Gasteiger partial charge in [-0.15, -0.1) is 0 Å². The maximum Gasteiger partial charge on any atom is 0.179 e. The van der Waals surface area contributed by atoms with E-state index in [0.717, 1.165) is 0 Å². The highest BCUT2D eigenvalue weighted by molar-refractivity contribution is 6.00. The lowest BCUT2D eigenvalue weighted by Crippen LogP contribution is -2.43. The molecule has 0 aliphatic heterocycles. The highest BCUT2D eigenvalue weighted by Crippen LogP contribution is 2.25. The number of aliphatic hydroxyl groups excluding tert-OH is 1. The van der Waals surface area contributed by atoms with Crippen LogP contribution in [0.1, 0.15) is 30.6 Å². The Morgan fingerprint density at radius 2 is 2.00 bits per heavy atom. The van der Waals surface area contributed by atoms with Gasteiger partial charge in [-0.2, -0.15) is 0 Å². The van der Waals surface area contributed by atoms with Crippen molar-refractivity contribution in [2.45, 2.75) is 32.4 Å². The van der Waals surface area contributed by atoms with Gasteiger partial charge in [0, 0.05) is 11.6 Å². The number of benzene rings is 1. The third-order valence-electron chi connectivity index (χ3n) is 2.74. The molecule has 0 amide bonds. The molecule has 5 nitrogen and oxygen atoms in total. The summed E-state index contributed by atoms with van der Waals surface area (Å²) in [6, 6.07) is 3.39. The molecular weight excluding hydrogens is 234 g/mol. The van der Waals surface area contributed by atoms with Crippen molar-refractivity contribution < 1.29 is 20.1 Å². The molecule has 0 aliphatic rings. The number of aromatic hydroxyl groups is 2. The third kappa shape index (κ3) is 3.45. The van der Waals surface area contributed by atoms with Gasteiger partial charge in [0.25, 0.3) is 0 Å². The molecule has 2 unspecified atom stereocenters. The lowest BCUT2D eigenvalue weighted by atomic mass is 10.0. The number of rotatable bonds is 6. The summed E-state index contributed by atoms with van der Waals surface area (Å²) in [5.41, 5.74) is 0.329. The fraction of sp³-hybridized carbons (Fsp3) is 0.462. The van der Waals surface area contributed by atoms with Gasteiger partial charge >= 0.3 is 0 Å². The first-order valence-electron chi connectivity index (χ1n) is 5.92. The molecule has 0 radical (unpaired) electrons. The number of hydrogen-bond donors (Lipinski definition) is 4. The number of hydrogen-bond acceptors (Lipinski definition) is 5. The van der Waals surface area contributed by atoms with Crippen LogP contribution >= 0.6 is 0 Å². The average molecular weight is 253 g/mol. The predicted octanol–water partition coefficient (Wildman–Crippen LogP) is 1.03. The van der Waals surface area contributed by atoms with E-state index in [-0.39, 0.29) is 29.9 Å². The fourth-order valence-electron chi connectivity index (χ4n) is 1.65. The van der Waals surface area contributed by atoms with Gasteiger partial charge in [-0.25, -0.2) is 0 Å². The molecule has 0 bridgehead atoms. The van der Waals surface area contributed by atoms with E-state index in [2.05, 4.69) is 5.32 Å². The Morgan fingerprint density at radius 3 is 2.50 bits per heavy atom. The van der Waals surface area contributed by atoms with Crippen molar-refractivity contribution in [3.05, 3.63) is 23.8 Å². The third-order valence-corrected chi connectivity index (χ3v) is 2.74. The lowest BCUT2D eigenvalue weighted by Gasteiger charge is -2.20. The molecule has 5 heteroatoms. The van der Waals surface area contributed by atoms with E-state index in [0.29, 0.717) is 12.0 Å². The maximum atomic E-state index is 12.2. The summed E-state index contributed by atoms with van der Waals surface area (Å²) in [4.78, 5) is 12.2. The summed E-state index contributed by atoms with van der Waals surface area (Å²) >= 11 is 0. The van der Waals surface area contributed by atoms with Gasteiger partial charge in [-0.1, -0.05) is 6.92 Å². The van der Waals surface area contributed by atoms with Crippen molar-refractivity contribution in [2.24, 2.45) is 0 Å². The molecule has 100 valence electrons. The Labute approximate surface area is 106 Å². The minimum atomic E-state index is -0.420. The molecule has 0 saturated carbocycles. The second kappa shape index (κ2) is 6.37. The first-order valence-corrected chi connectivity index (χ1v) is 5.92. The van der Waals surface area contributed by atoms with Crippen LogP contribution in [0.3, 0.4) is 0 Å². The molecular formula is C13H19NO4. The van der Waals surface area contributed by atoms with Crippen LogP contribution in [0.15, 0.2) is 18.2 Å². The Hall–Kier alpha value is -1.59. The van der Waals surface area contributed by atoms with Crippen LogP contribution in [0.4, 0.5) is 0 Å². The van der Waals surface area contributed by atoms with Crippen LogP contribution in [0, 0.1) is 0 Å². The van der Waals surface area contributed by atoms with Crippen LogP contribution in [-0.2, 0) is 0 Å². The smallest absolute Gasteiger partial charge is 0.179 e. The number of phenols is 2. The van der Waals surface area contributed by atoms with Gasteiger partial charge in [0.15, 0.2) is 17.3 Å². The predicted molar refractivity (Wildman–Crippen MR) is 67.9 cm³/mol. The summed E-state index contributed by atoms with van der Waals surface area (Å²) in [5, 5.41) is 30.5. The quantitative estimate of drug-likeness (QED) is 0.449. The Kier molecular flexibility index (Phi) is 5.12. The van der Waals surface area contributed by atoms with Gasteiger partial charge in [-0.3, -0.25) is 4.79 Å². The van der Waals surface area contributed by atoms with Gasteiger partial charge in [0.1, 0.15) is 0 Å². The molecule has 0 saturated heterocycles. The minimum absolute atomic E-state index is 0.0510. The van der Waals surface area contributed by atoms with Crippen LogP contribution in [-0.4, -0.2) is 39.8 Å². The number of carbonyl (C=O) groups excluding carboxylic acids is 1. The summed E-state index contributed by atoms with van der Waals surface area (Å²) in [5.74, 6) is -0.740. The zero-order valence-electron chi connectivity index (χ0n) is 10.6. The molecule has 1 aromatic carbocycles. The Balaban J connectivity index is 2.86. The molecule has 0 aromatic heterocycles. The highest BCUT2D eigenvalue weighted by Gasteiger charge is 2.20. The summed E-state index contributed by atoms with van der Waals surface area (Å²) in [7, 11) is 0. The van der Waals surface area contributed by atoms with Crippen LogP contribution in [0.25, 0.3) is 0 Å². The number of nitrogens with one attached hydrogen (secondary N) is 1. The minimum Gasteiger partial charge on any atom is -0.504 e. The number of Topliss-reactive ketones (excluding diaryl/α,β-unsaturated/α-hetero) is 1. The Morgan fingerprint density at radius 1 is 1.33 bits per heavy atom. The Bertz CT molecular complexity index is 419. The summed E-state index contributed by atoms with van der Waals surface area (Å²) < 4.78 is 0. The summed E-state index contributed by atoms with van der Waals surface area (Å²) in [6.45, 7) is 3.59. The molecule has 18 heavy (non-hydrogen) atoms. The van der Waals surface area contributed by atoms with E-state index in [1.165, 1.54) is 18.2 Å². The van der Waals surface area contributed by atoms with Crippen LogP contribution < -0.4 is 5.32 Å². The van der Waals surface area contributed by atoms with Crippen LogP contribution in [0.5, 0.6) is 11.5 Å². The van der Waals surface area contributed by atoms with E-state index < -0.39 is 6.04 Å². The standard InChI is InChI=1S/C13H19NO4/c1-3-10(14-8(2)7-15)13(18)9-4-5-11(16)12(17)6-9/h4-6,8,10,14-17H,3,7H2,1-2H3. The SMILES string of the molecule is CCC(NC(C)CO)C(=O)c1ccc(O)c(O)c1. The van der Waals surface area contributed by atoms with E-state index in [1.54, 1.807) is 6.92 Å². The number of carbonyl (C=O) groups is 1. The van der Waals surface area contributed by atoms with Gasteiger partial charge in [0.2, 0.25) is 0 Å². The second-order valence-electron chi connectivity index (χ2n) is 4.28. The number of aliphatic hydroxyl groups is 1. The van der Waals surface area contributed by atoms with Crippen molar-refractivity contribution in [3.8, 4) is 11.5 Å². The molecule has 0 aliphatic carbocycles. The molecule has 2 atom stereocenters. The first kappa shape index (κ1) is 14.5. The van der Waals surface area contributed by atoms with Gasteiger partial charge in [0.05, 0.1) is 12.6 Å². The van der Waals surface area contributed by atoms with Gasteiger partial charge < -0.3 is 20.6 Å². The average Bonchev–Trinajstić information content (AvgIpc) is 2.38. The van der Waals surface area contributed by atoms with Gasteiger partial charge in [-0.05, 0) is 31.5 Å². The van der Waals surface area contributed by atoms with Crippen molar-refractivity contribution in [1.29, 1.82) is 0 Å². The molecule has 0 heterocycles. The van der Waals surface area contributed by atoms with E-state index in [9.17, 15) is 15.0 Å². The number of phenolic OH excluding ortho intramolecular Hbond substituents is 2. The molecule has 0 fully saturated rings. The van der Waals surface area contributed by atoms with E-state index in [4.69, 9.17) is 5.11 Å². The number of ketones is 1. The zero-order chi connectivity index (χ0) is 13.7. The molecule has 0 spiro atoms. The molecule has 1 rings (SSSR count). The molecule has 1 aromatic rings. The highest BCUT2D eigenvalue weighted by atomic mass is 16.3. The fourth-order valence-corrected chi connectivity index (χ4v) is 1.65. The van der Waals surface area contributed by atoms with Crippen molar-refractivity contribution in [1.82, 2.24) is 5.32 Å². The summed E-state index contributed by atoms with van der Waals surface area (Å²) in [6.07, 6.45) is 0.574. The largest absolute Gasteiger partial charge is 0.504 e. The topological polar surface area (TPSA) is 89.8 Å². The maximum absolute atomic E-state index is 12.2. The first-order chi connectivity index (χ1) is 8.49. The normalized spacial score (nSPS) is 14.2. The van der Waals surface area contributed by atoms with Crippen molar-refractivity contribution >= 4 is 5.78 Å². The monoisotopic (exact) mass is 253 g/mol. The lowest BCUT2D eigenvalue weighted by molar-refractivity contribution is 0.0926. The second-order valence-corrected chi connectivity index (χ2v) is 4.28. The molecule has 4 N–H and O–H groups in total.